The summed E-state index contributed by atoms with van der Waals surface area (Å²) in [7, 11) is 0. The topological polar surface area (TPSA) is 41.1 Å². The second-order valence-corrected chi connectivity index (χ2v) is 5.22. The average molecular weight is 284 g/mol. The monoisotopic (exact) mass is 284 g/mol. The molecule has 0 radical (unpaired) electrons. The molecule has 0 bridgehead atoms. The first-order chi connectivity index (χ1) is 10.2. The number of hydrogen-bond donors (Lipinski definition) is 1. The van der Waals surface area contributed by atoms with Crippen LogP contribution in [0, 0.1) is 6.92 Å². The van der Waals surface area contributed by atoms with Crippen LogP contribution in [0.15, 0.2) is 36.5 Å². The van der Waals surface area contributed by atoms with Gasteiger partial charge in [-0.05, 0) is 38.0 Å². The molecule has 1 aromatic carbocycles. The number of benzene rings is 1. The van der Waals surface area contributed by atoms with Crippen molar-refractivity contribution in [1.82, 2.24) is 9.97 Å². The first-order valence-electron chi connectivity index (χ1n) is 7.64. The van der Waals surface area contributed by atoms with E-state index >= 15 is 0 Å². The van der Waals surface area contributed by atoms with Crippen molar-refractivity contribution in [2.45, 2.75) is 33.6 Å². The van der Waals surface area contributed by atoms with E-state index in [4.69, 9.17) is 0 Å². The Hall–Kier alpha value is -2.10. The lowest BCUT2D eigenvalue weighted by molar-refractivity contribution is 0.722. The molecule has 2 rings (SSSR count). The van der Waals surface area contributed by atoms with Crippen molar-refractivity contribution in [3.63, 3.8) is 0 Å². The predicted molar refractivity (Wildman–Crippen MR) is 89.3 cm³/mol. The third kappa shape index (κ3) is 4.45. The lowest BCUT2D eigenvalue weighted by Crippen LogP contribution is -2.26. The molecule has 4 nitrogen and oxygen atoms in total. The molecule has 1 heterocycles. The summed E-state index contributed by atoms with van der Waals surface area (Å²) in [4.78, 5) is 11.3. The zero-order valence-electron chi connectivity index (χ0n) is 13.1. The van der Waals surface area contributed by atoms with Gasteiger partial charge in [-0.1, -0.05) is 31.5 Å². The van der Waals surface area contributed by atoms with E-state index in [1.165, 1.54) is 5.56 Å². The van der Waals surface area contributed by atoms with Crippen LogP contribution in [0.3, 0.4) is 0 Å². The van der Waals surface area contributed by atoms with Crippen molar-refractivity contribution < 1.29 is 0 Å². The van der Waals surface area contributed by atoms with Crippen LogP contribution in [0.4, 0.5) is 17.5 Å². The summed E-state index contributed by atoms with van der Waals surface area (Å²) in [5, 5.41) is 3.33. The van der Waals surface area contributed by atoms with Crippen molar-refractivity contribution in [3.05, 3.63) is 42.1 Å². The maximum absolute atomic E-state index is 4.63. The lowest BCUT2D eigenvalue weighted by atomic mass is 10.2. The Balaban J connectivity index is 2.14. The molecule has 2 aromatic rings. The van der Waals surface area contributed by atoms with Crippen LogP contribution in [0.5, 0.6) is 0 Å². The summed E-state index contributed by atoms with van der Waals surface area (Å²) in [6.45, 7) is 8.41. The number of aromatic nitrogens is 2. The van der Waals surface area contributed by atoms with Crippen molar-refractivity contribution in [2.75, 3.05) is 23.3 Å². The molecule has 4 heteroatoms. The van der Waals surface area contributed by atoms with Crippen LogP contribution in [0.2, 0.25) is 0 Å². The van der Waals surface area contributed by atoms with E-state index in [1.54, 1.807) is 0 Å². The van der Waals surface area contributed by atoms with Crippen molar-refractivity contribution >= 4 is 17.5 Å². The summed E-state index contributed by atoms with van der Waals surface area (Å²) in [5.74, 6) is 1.64. The lowest BCUT2D eigenvalue weighted by Gasteiger charge is -2.21. The van der Waals surface area contributed by atoms with Gasteiger partial charge in [-0.3, -0.25) is 0 Å². The minimum Gasteiger partial charge on any atom is -0.341 e. The van der Waals surface area contributed by atoms with Gasteiger partial charge in [-0.15, -0.1) is 0 Å². The molecule has 0 aliphatic heterocycles. The van der Waals surface area contributed by atoms with Crippen molar-refractivity contribution in [1.29, 1.82) is 0 Å². The fourth-order valence-electron chi connectivity index (χ4n) is 2.21. The highest BCUT2D eigenvalue weighted by atomic mass is 15.3. The van der Waals surface area contributed by atoms with Gasteiger partial charge in [0, 0.05) is 25.0 Å². The van der Waals surface area contributed by atoms with E-state index in [-0.39, 0.29) is 0 Å². The maximum atomic E-state index is 4.63. The van der Waals surface area contributed by atoms with Gasteiger partial charge in [-0.2, -0.15) is 4.98 Å². The summed E-state index contributed by atoms with van der Waals surface area (Å²) in [6.07, 6.45) is 4.01. The van der Waals surface area contributed by atoms with E-state index in [9.17, 15) is 0 Å². The fraction of sp³-hybridized carbons (Fsp3) is 0.412. The van der Waals surface area contributed by atoms with E-state index < -0.39 is 0 Å². The SMILES string of the molecule is CCCN(CCC)c1nccc(Nc2ccc(C)cc2)n1. The van der Waals surface area contributed by atoms with E-state index in [2.05, 4.69) is 65.2 Å². The number of nitrogens with zero attached hydrogens (tertiary/aromatic N) is 3. The Morgan fingerprint density at radius 3 is 2.29 bits per heavy atom. The third-order valence-electron chi connectivity index (χ3n) is 3.24. The van der Waals surface area contributed by atoms with Crippen LogP contribution in [-0.2, 0) is 0 Å². The molecule has 0 spiro atoms. The maximum Gasteiger partial charge on any atom is 0.227 e. The highest BCUT2D eigenvalue weighted by Gasteiger charge is 2.08. The van der Waals surface area contributed by atoms with E-state index in [1.807, 2.05) is 12.3 Å². The van der Waals surface area contributed by atoms with Crippen LogP contribution >= 0.6 is 0 Å². The molecule has 0 saturated heterocycles. The zero-order valence-corrected chi connectivity index (χ0v) is 13.1. The van der Waals surface area contributed by atoms with Crippen LogP contribution in [0.25, 0.3) is 0 Å². The standard InChI is InChI=1S/C17H24N4/c1-4-12-21(13-5-2)17-18-11-10-16(20-17)19-15-8-6-14(3)7-9-15/h6-11H,4-5,12-13H2,1-3H3,(H,18,19,20). The first kappa shape index (κ1) is 15.3. The van der Waals surface area contributed by atoms with Crippen molar-refractivity contribution in [3.8, 4) is 0 Å². The number of nitrogens with one attached hydrogen (secondary N) is 1. The normalized spacial score (nSPS) is 10.4. The molecule has 112 valence electrons. The third-order valence-corrected chi connectivity index (χ3v) is 3.24. The molecule has 0 saturated carbocycles. The Morgan fingerprint density at radius 1 is 1.00 bits per heavy atom. The quantitative estimate of drug-likeness (QED) is 0.829. The first-order valence-corrected chi connectivity index (χ1v) is 7.64. The molecule has 0 fully saturated rings. The molecule has 0 unspecified atom stereocenters. The predicted octanol–water partition coefficient (Wildman–Crippen LogP) is 4.16. The molecule has 0 amide bonds. The van der Waals surface area contributed by atoms with Crippen molar-refractivity contribution in [2.24, 2.45) is 0 Å². The molecule has 21 heavy (non-hydrogen) atoms. The summed E-state index contributed by atoms with van der Waals surface area (Å²) in [5.41, 5.74) is 2.30. The molecule has 1 aromatic heterocycles. The summed E-state index contributed by atoms with van der Waals surface area (Å²) in [6, 6.07) is 10.2. The summed E-state index contributed by atoms with van der Waals surface area (Å²) < 4.78 is 0. The molecular formula is C17H24N4. The Labute approximate surface area is 127 Å². The highest BCUT2D eigenvalue weighted by Crippen LogP contribution is 2.17. The van der Waals surface area contributed by atoms with E-state index in [0.717, 1.165) is 43.4 Å². The second-order valence-electron chi connectivity index (χ2n) is 5.22. The minimum atomic E-state index is 0.802. The largest absolute Gasteiger partial charge is 0.341 e. The van der Waals surface area contributed by atoms with E-state index in [0.29, 0.717) is 0 Å². The Kier molecular flexibility index (Phi) is 5.55. The second kappa shape index (κ2) is 7.62. The number of hydrogen-bond acceptors (Lipinski definition) is 4. The molecule has 0 aliphatic rings. The summed E-state index contributed by atoms with van der Waals surface area (Å²) >= 11 is 0. The van der Waals surface area contributed by atoms with Gasteiger partial charge in [0.25, 0.3) is 0 Å². The number of rotatable bonds is 7. The van der Waals surface area contributed by atoms with Gasteiger partial charge in [-0.25, -0.2) is 4.98 Å². The van der Waals surface area contributed by atoms with Gasteiger partial charge < -0.3 is 10.2 Å². The van der Waals surface area contributed by atoms with Gasteiger partial charge in [0.15, 0.2) is 0 Å². The van der Waals surface area contributed by atoms with Gasteiger partial charge in [0.05, 0.1) is 0 Å². The smallest absolute Gasteiger partial charge is 0.227 e. The molecule has 0 aliphatic carbocycles. The fourth-order valence-corrected chi connectivity index (χ4v) is 2.21. The zero-order chi connectivity index (χ0) is 15.1. The highest BCUT2D eigenvalue weighted by molar-refractivity contribution is 5.57. The van der Waals surface area contributed by atoms with Gasteiger partial charge in [0.1, 0.15) is 5.82 Å². The van der Waals surface area contributed by atoms with Gasteiger partial charge in [0.2, 0.25) is 5.95 Å². The Bertz CT molecular complexity index is 545. The van der Waals surface area contributed by atoms with Crippen LogP contribution in [-0.4, -0.2) is 23.1 Å². The minimum absolute atomic E-state index is 0.802. The number of aryl methyl sites for hydroxylation is 1. The van der Waals surface area contributed by atoms with Gasteiger partial charge >= 0.3 is 0 Å². The molecule has 0 atom stereocenters. The van der Waals surface area contributed by atoms with Crippen LogP contribution < -0.4 is 10.2 Å². The number of anilines is 3. The molecule has 1 N–H and O–H groups in total. The Morgan fingerprint density at radius 2 is 1.67 bits per heavy atom. The molecular weight excluding hydrogens is 260 g/mol. The average Bonchev–Trinajstić information content (AvgIpc) is 2.50. The van der Waals surface area contributed by atoms with Crippen LogP contribution in [0.1, 0.15) is 32.3 Å².